The van der Waals surface area contributed by atoms with Gasteiger partial charge in [0.15, 0.2) is 5.52 Å². The minimum atomic E-state index is -0.231. The first-order valence-electron chi connectivity index (χ1n) is 6.38. The first kappa shape index (κ1) is 11.3. The van der Waals surface area contributed by atoms with Gasteiger partial charge in [-0.3, -0.25) is 9.78 Å². The third kappa shape index (κ3) is 1.77. The van der Waals surface area contributed by atoms with Crippen LogP contribution in [0, 0.1) is 5.92 Å². The molecule has 0 saturated heterocycles. The molecule has 0 amide bonds. The van der Waals surface area contributed by atoms with Crippen molar-refractivity contribution in [3.05, 3.63) is 22.4 Å². The number of nitrogens with one attached hydrogen (secondary N) is 1. The van der Waals surface area contributed by atoms with Crippen LogP contribution in [0.1, 0.15) is 44.3 Å². The highest BCUT2D eigenvalue weighted by atomic mass is 16.1. The van der Waals surface area contributed by atoms with Gasteiger partial charge in [0.05, 0.1) is 6.20 Å². The molecule has 18 heavy (non-hydrogen) atoms. The molecule has 96 valence electrons. The molecule has 0 aliphatic heterocycles. The van der Waals surface area contributed by atoms with Crippen LogP contribution in [0.5, 0.6) is 0 Å². The molecule has 2 aromatic rings. The first-order valence-corrected chi connectivity index (χ1v) is 6.38. The van der Waals surface area contributed by atoms with E-state index in [-0.39, 0.29) is 11.5 Å². The summed E-state index contributed by atoms with van der Waals surface area (Å²) in [5.74, 6) is 2.18. The number of rotatable bonds is 1. The molecule has 2 aromatic heterocycles. The van der Waals surface area contributed by atoms with Crippen molar-refractivity contribution in [2.75, 3.05) is 5.73 Å². The Morgan fingerprint density at radius 3 is 2.83 bits per heavy atom. The maximum Gasteiger partial charge on any atom is 0.278 e. The Morgan fingerprint density at radius 2 is 2.11 bits per heavy atom. The number of nitrogen functional groups attached to an aromatic ring is 1. The number of anilines is 1. The highest BCUT2D eigenvalue weighted by Crippen LogP contribution is 2.34. The normalized spacial score (nSPS) is 24.5. The number of imidazole rings is 1. The zero-order valence-corrected chi connectivity index (χ0v) is 10.4. The number of aromatic nitrogens is 4. The van der Waals surface area contributed by atoms with Crippen LogP contribution in [0.15, 0.2) is 11.0 Å². The third-order valence-electron chi connectivity index (χ3n) is 3.83. The number of hydrogen-bond donors (Lipinski definition) is 2. The van der Waals surface area contributed by atoms with Crippen LogP contribution in [0.4, 0.5) is 5.95 Å². The van der Waals surface area contributed by atoms with E-state index in [4.69, 9.17) is 5.73 Å². The second-order valence-electron chi connectivity index (χ2n) is 5.21. The van der Waals surface area contributed by atoms with Crippen molar-refractivity contribution in [1.29, 1.82) is 0 Å². The predicted molar refractivity (Wildman–Crippen MR) is 68.4 cm³/mol. The van der Waals surface area contributed by atoms with Crippen molar-refractivity contribution in [2.24, 2.45) is 5.92 Å². The quantitative estimate of drug-likeness (QED) is 0.794. The Kier molecular flexibility index (Phi) is 2.57. The Morgan fingerprint density at radius 1 is 1.39 bits per heavy atom. The minimum Gasteiger partial charge on any atom is -0.368 e. The molecule has 0 spiro atoms. The molecular weight excluding hydrogens is 230 g/mol. The standard InChI is InChI=1S/C12H17N5O/c1-7-2-4-8(5-3-7)10-14-6-9-11(18)15-12(13)16-17(9)10/h6-8H,2-5H2,1H3,(H3,13,15,16,18). The van der Waals surface area contributed by atoms with Gasteiger partial charge in [-0.25, -0.2) is 9.50 Å². The van der Waals surface area contributed by atoms with Crippen LogP contribution in [0.3, 0.4) is 0 Å². The van der Waals surface area contributed by atoms with Gasteiger partial charge in [-0.1, -0.05) is 19.8 Å². The lowest BCUT2D eigenvalue weighted by molar-refractivity contribution is 0.337. The van der Waals surface area contributed by atoms with Crippen molar-refractivity contribution in [3.63, 3.8) is 0 Å². The van der Waals surface area contributed by atoms with Gasteiger partial charge >= 0.3 is 0 Å². The fourth-order valence-corrected chi connectivity index (χ4v) is 2.73. The van der Waals surface area contributed by atoms with E-state index in [9.17, 15) is 4.79 Å². The highest BCUT2D eigenvalue weighted by molar-refractivity contribution is 5.44. The van der Waals surface area contributed by atoms with Gasteiger partial charge in [0, 0.05) is 5.92 Å². The van der Waals surface area contributed by atoms with E-state index in [1.165, 1.54) is 12.8 Å². The molecule has 1 saturated carbocycles. The fraction of sp³-hybridized carbons (Fsp3) is 0.583. The summed E-state index contributed by atoms with van der Waals surface area (Å²) < 4.78 is 1.61. The zero-order chi connectivity index (χ0) is 12.7. The van der Waals surface area contributed by atoms with Crippen LogP contribution in [-0.2, 0) is 0 Å². The van der Waals surface area contributed by atoms with Crippen molar-refractivity contribution < 1.29 is 0 Å². The average Bonchev–Trinajstić information content (AvgIpc) is 2.74. The van der Waals surface area contributed by atoms with E-state index in [1.807, 2.05) is 0 Å². The summed E-state index contributed by atoms with van der Waals surface area (Å²) in [4.78, 5) is 18.6. The molecule has 2 heterocycles. The lowest BCUT2D eigenvalue weighted by Gasteiger charge is -2.24. The Bertz CT molecular complexity index is 621. The van der Waals surface area contributed by atoms with Crippen molar-refractivity contribution in [1.82, 2.24) is 19.6 Å². The third-order valence-corrected chi connectivity index (χ3v) is 3.83. The Labute approximate surface area is 104 Å². The molecule has 1 aliphatic carbocycles. The number of nitrogens with zero attached hydrogens (tertiary/aromatic N) is 3. The summed E-state index contributed by atoms with van der Waals surface area (Å²) in [7, 11) is 0. The van der Waals surface area contributed by atoms with Gasteiger partial charge in [0.25, 0.3) is 5.56 Å². The molecular formula is C12H17N5O. The van der Waals surface area contributed by atoms with E-state index in [1.54, 1.807) is 10.7 Å². The molecule has 6 heteroatoms. The maximum absolute atomic E-state index is 11.7. The monoisotopic (exact) mass is 247 g/mol. The summed E-state index contributed by atoms with van der Waals surface area (Å²) in [5.41, 5.74) is 5.83. The van der Waals surface area contributed by atoms with Crippen molar-refractivity contribution in [2.45, 2.75) is 38.5 Å². The average molecular weight is 247 g/mol. The summed E-state index contributed by atoms with van der Waals surface area (Å²) >= 11 is 0. The maximum atomic E-state index is 11.7. The second kappa shape index (κ2) is 4.12. The largest absolute Gasteiger partial charge is 0.368 e. The molecule has 0 atom stereocenters. The number of fused-ring (bicyclic) bond motifs is 1. The lowest BCUT2D eigenvalue weighted by atomic mass is 9.83. The molecule has 6 nitrogen and oxygen atoms in total. The van der Waals surface area contributed by atoms with E-state index in [2.05, 4.69) is 22.0 Å². The van der Waals surface area contributed by atoms with Crippen LogP contribution < -0.4 is 11.3 Å². The SMILES string of the molecule is CC1CCC(c2ncc3c(=O)[nH]c(N)nn23)CC1. The summed E-state index contributed by atoms with van der Waals surface area (Å²) in [6.07, 6.45) is 6.21. The second-order valence-corrected chi connectivity index (χ2v) is 5.21. The fourth-order valence-electron chi connectivity index (χ4n) is 2.73. The van der Waals surface area contributed by atoms with Gasteiger partial charge in [-0.05, 0) is 18.8 Å². The van der Waals surface area contributed by atoms with Gasteiger partial charge in [0.2, 0.25) is 5.95 Å². The van der Waals surface area contributed by atoms with E-state index >= 15 is 0 Å². The number of nitrogens with two attached hydrogens (primary N) is 1. The smallest absolute Gasteiger partial charge is 0.278 e. The molecule has 0 bridgehead atoms. The number of H-pyrrole nitrogens is 1. The predicted octanol–water partition coefficient (Wildman–Crippen LogP) is 1.29. The highest BCUT2D eigenvalue weighted by Gasteiger charge is 2.24. The topological polar surface area (TPSA) is 89.1 Å². The molecule has 0 radical (unpaired) electrons. The lowest BCUT2D eigenvalue weighted by Crippen LogP contribution is -2.19. The summed E-state index contributed by atoms with van der Waals surface area (Å²) in [6, 6.07) is 0. The number of hydrogen-bond acceptors (Lipinski definition) is 4. The van der Waals surface area contributed by atoms with Crippen LogP contribution >= 0.6 is 0 Å². The first-order chi connectivity index (χ1) is 8.65. The van der Waals surface area contributed by atoms with E-state index in [0.717, 1.165) is 24.6 Å². The minimum absolute atomic E-state index is 0.135. The van der Waals surface area contributed by atoms with Crippen molar-refractivity contribution >= 4 is 11.5 Å². The Hall–Kier alpha value is -1.85. The molecule has 3 rings (SSSR count). The molecule has 1 fully saturated rings. The van der Waals surface area contributed by atoms with Crippen molar-refractivity contribution in [3.8, 4) is 0 Å². The molecule has 0 unspecified atom stereocenters. The summed E-state index contributed by atoms with van der Waals surface area (Å²) in [5, 5.41) is 4.17. The zero-order valence-electron chi connectivity index (χ0n) is 10.4. The van der Waals surface area contributed by atoms with Crippen LogP contribution in [0.25, 0.3) is 5.52 Å². The number of aromatic amines is 1. The Balaban J connectivity index is 2.05. The summed E-state index contributed by atoms with van der Waals surface area (Å²) in [6.45, 7) is 2.28. The van der Waals surface area contributed by atoms with Gasteiger partial charge in [-0.2, -0.15) is 0 Å². The van der Waals surface area contributed by atoms with E-state index in [0.29, 0.717) is 11.4 Å². The molecule has 3 N–H and O–H groups in total. The van der Waals surface area contributed by atoms with Gasteiger partial charge < -0.3 is 5.73 Å². The van der Waals surface area contributed by atoms with Crippen LogP contribution in [-0.4, -0.2) is 19.6 Å². The van der Waals surface area contributed by atoms with Gasteiger partial charge in [0.1, 0.15) is 5.82 Å². The van der Waals surface area contributed by atoms with Gasteiger partial charge in [-0.15, -0.1) is 5.10 Å². The molecule has 0 aromatic carbocycles. The van der Waals surface area contributed by atoms with Crippen LogP contribution in [0.2, 0.25) is 0 Å². The molecule has 1 aliphatic rings. The van der Waals surface area contributed by atoms with E-state index < -0.39 is 0 Å².